The van der Waals surface area contributed by atoms with E-state index in [0.717, 1.165) is 24.0 Å². The molecule has 1 aromatic heterocycles. The van der Waals surface area contributed by atoms with E-state index in [1.807, 2.05) is 25.1 Å². The van der Waals surface area contributed by atoms with Crippen LogP contribution in [0.3, 0.4) is 0 Å². The minimum atomic E-state index is -0.520. The highest BCUT2D eigenvalue weighted by Crippen LogP contribution is 2.35. The van der Waals surface area contributed by atoms with Gasteiger partial charge in [-0.05, 0) is 24.6 Å². The number of nitrogen functional groups attached to an aromatic ring is 1. The number of rotatable bonds is 3. The second kappa shape index (κ2) is 5.46. The van der Waals surface area contributed by atoms with Crippen molar-refractivity contribution in [3.8, 4) is 11.5 Å². The molecule has 0 bridgehead atoms. The Balaban J connectivity index is 1.98. The number of ether oxygens (including phenoxy) is 2. The molecule has 0 aliphatic carbocycles. The SMILES string of the molecule is COC1(c2noc(-c3cccc(N)c3C)n2)CCOCC1. The molecule has 2 aromatic rings. The summed E-state index contributed by atoms with van der Waals surface area (Å²) in [6, 6.07) is 5.65. The van der Waals surface area contributed by atoms with Gasteiger partial charge in [-0.25, -0.2) is 0 Å². The molecule has 2 heterocycles. The van der Waals surface area contributed by atoms with E-state index in [9.17, 15) is 0 Å². The lowest BCUT2D eigenvalue weighted by molar-refractivity contribution is -0.101. The zero-order valence-corrected chi connectivity index (χ0v) is 12.3. The summed E-state index contributed by atoms with van der Waals surface area (Å²) in [5, 5.41) is 4.12. The molecular weight excluding hydrogens is 270 g/mol. The van der Waals surface area contributed by atoms with Gasteiger partial charge in [0.25, 0.3) is 5.89 Å². The maximum atomic E-state index is 5.93. The monoisotopic (exact) mass is 289 g/mol. The number of hydrogen-bond acceptors (Lipinski definition) is 6. The second-order valence-corrected chi connectivity index (χ2v) is 5.25. The first-order valence-electron chi connectivity index (χ1n) is 6.99. The minimum absolute atomic E-state index is 0.470. The number of nitrogens with zero attached hydrogens (tertiary/aromatic N) is 2. The van der Waals surface area contributed by atoms with Gasteiger partial charge in [-0.15, -0.1) is 0 Å². The van der Waals surface area contributed by atoms with Gasteiger partial charge in [-0.3, -0.25) is 0 Å². The summed E-state index contributed by atoms with van der Waals surface area (Å²) in [5.41, 5.74) is 7.91. The van der Waals surface area contributed by atoms with Gasteiger partial charge in [0.05, 0.1) is 0 Å². The van der Waals surface area contributed by atoms with Gasteiger partial charge in [-0.1, -0.05) is 11.2 Å². The van der Waals surface area contributed by atoms with Crippen LogP contribution in [-0.2, 0) is 15.1 Å². The lowest BCUT2D eigenvalue weighted by Gasteiger charge is -2.32. The Morgan fingerprint density at radius 1 is 1.29 bits per heavy atom. The standard InChI is InChI=1S/C15H19N3O3/c1-10-11(4-3-5-12(10)16)13-17-14(18-21-13)15(19-2)6-8-20-9-7-15/h3-5H,6-9,16H2,1-2H3. The molecule has 0 atom stereocenters. The van der Waals surface area contributed by atoms with Crippen LogP contribution in [0.5, 0.6) is 0 Å². The highest BCUT2D eigenvalue weighted by atomic mass is 16.5. The quantitative estimate of drug-likeness (QED) is 0.873. The number of nitrogens with two attached hydrogens (primary N) is 1. The molecule has 6 nitrogen and oxygen atoms in total. The van der Waals surface area contributed by atoms with E-state index >= 15 is 0 Å². The number of benzene rings is 1. The summed E-state index contributed by atoms with van der Waals surface area (Å²) in [4.78, 5) is 4.54. The molecule has 1 aliphatic heterocycles. The average Bonchev–Trinajstić information content (AvgIpc) is 3.01. The van der Waals surface area contributed by atoms with Crippen LogP contribution in [0.2, 0.25) is 0 Å². The van der Waals surface area contributed by atoms with Crippen molar-refractivity contribution in [1.82, 2.24) is 10.1 Å². The van der Waals surface area contributed by atoms with Gasteiger partial charge >= 0.3 is 0 Å². The largest absolute Gasteiger partial charge is 0.398 e. The molecule has 0 unspecified atom stereocenters. The topological polar surface area (TPSA) is 83.4 Å². The van der Waals surface area contributed by atoms with E-state index in [1.54, 1.807) is 7.11 Å². The lowest BCUT2D eigenvalue weighted by atomic mass is 9.93. The first kappa shape index (κ1) is 14.0. The van der Waals surface area contributed by atoms with Crippen LogP contribution in [0.1, 0.15) is 24.2 Å². The van der Waals surface area contributed by atoms with Crippen molar-refractivity contribution in [2.45, 2.75) is 25.4 Å². The predicted octanol–water partition coefficient (Wildman–Crippen LogP) is 2.28. The summed E-state index contributed by atoms with van der Waals surface area (Å²) in [5.74, 6) is 1.04. The van der Waals surface area contributed by atoms with Crippen molar-refractivity contribution < 1.29 is 14.0 Å². The molecule has 1 saturated heterocycles. The number of methoxy groups -OCH3 is 1. The van der Waals surface area contributed by atoms with E-state index in [1.165, 1.54) is 0 Å². The van der Waals surface area contributed by atoms with Gasteiger partial charge in [0.2, 0.25) is 5.82 Å². The van der Waals surface area contributed by atoms with Crippen molar-refractivity contribution in [2.75, 3.05) is 26.1 Å². The van der Waals surface area contributed by atoms with E-state index < -0.39 is 5.60 Å². The van der Waals surface area contributed by atoms with Gasteiger partial charge < -0.3 is 19.7 Å². The Bertz CT molecular complexity index is 633. The number of anilines is 1. The van der Waals surface area contributed by atoms with Crippen LogP contribution < -0.4 is 5.73 Å². The minimum Gasteiger partial charge on any atom is -0.398 e. The van der Waals surface area contributed by atoms with Gasteiger partial charge in [0.1, 0.15) is 5.60 Å². The van der Waals surface area contributed by atoms with Crippen LogP contribution in [0, 0.1) is 6.92 Å². The van der Waals surface area contributed by atoms with Crippen molar-refractivity contribution in [3.05, 3.63) is 29.6 Å². The second-order valence-electron chi connectivity index (χ2n) is 5.25. The van der Waals surface area contributed by atoms with E-state index in [0.29, 0.717) is 30.6 Å². The third kappa shape index (κ3) is 2.41. The first-order chi connectivity index (χ1) is 10.2. The molecule has 0 amide bonds. The molecule has 2 N–H and O–H groups in total. The Kier molecular flexibility index (Phi) is 3.65. The number of aromatic nitrogens is 2. The molecule has 0 radical (unpaired) electrons. The fourth-order valence-corrected chi connectivity index (χ4v) is 2.62. The zero-order valence-electron chi connectivity index (χ0n) is 12.3. The van der Waals surface area contributed by atoms with E-state index in [2.05, 4.69) is 10.1 Å². The van der Waals surface area contributed by atoms with Crippen molar-refractivity contribution >= 4 is 5.69 Å². The van der Waals surface area contributed by atoms with Crippen molar-refractivity contribution in [2.24, 2.45) is 0 Å². The molecule has 0 spiro atoms. The fourth-order valence-electron chi connectivity index (χ4n) is 2.62. The van der Waals surface area contributed by atoms with E-state index in [-0.39, 0.29) is 0 Å². The third-order valence-corrected chi connectivity index (χ3v) is 4.13. The molecule has 1 aromatic carbocycles. The maximum Gasteiger partial charge on any atom is 0.258 e. The van der Waals surface area contributed by atoms with Gasteiger partial charge in [-0.2, -0.15) is 4.98 Å². The molecule has 3 rings (SSSR count). The van der Waals surface area contributed by atoms with Crippen LogP contribution in [0.25, 0.3) is 11.5 Å². The molecule has 21 heavy (non-hydrogen) atoms. The van der Waals surface area contributed by atoms with Gasteiger partial charge in [0.15, 0.2) is 0 Å². The summed E-state index contributed by atoms with van der Waals surface area (Å²) < 4.78 is 16.5. The Labute approximate surface area is 123 Å². The fraction of sp³-hybridized carbons (Fsp3) is 0.467. The van der Waals surface area contributed by atoms with Crippen LogP contribution in [0.15, 0.2) is 22.7 Å². The Morgan fingerprint density at radius 2 is 2.05 bits per heavy atom. The van der Waals surface area contributed by atoms with Crippen molar-refractivity contribution in [3.63, 3.8) is 0 Å². The molecule has 0 saturated carbocycles. The lowest BCUT2D eigenvalue weighted by Crippen LogP contribution is -2.36. The van der Waals surface area contributed by atoms with Crippen LogP contribution in [-0.4, -0.2) is 30.5 Å². The Morgan fingerprint density at radius 3 is 2.76 bits per heavy atom. The summed E-state index contributed by atoms with van der Waals surface area (Å²) in [7, 11) is 1.67. The first-order valence-corrected chi connectivity index (χ1v) is 6.99. The molecule has 112 valence electrons. The summed E-state index contributed by atoms with van der Waals surface area (Å²) in [6.07, 6.45) is 1.44. The van der Waals surface area contributed by atoms with Crippen LogP contribution in [0.4, 0.5) is 5.69 Å². The average molecular weight is 289 g/mol. The predicted molar refractivity (Wildman–Crippen MR) is 77.6 cm³/mol. The molecule has 1 aliphatic rings. The van der Waals surface area contributed by atoms with Crippen molar-refractivity contribution in [1.29, 1.82) is 0 Å². The zero-order chi connectivity index (χ0) is 14.9. The third-order valence-electron chi connectivity index (χ3n) is 4.13. The normalized spacial score (nSPS) is 17.8. The van der Waals surface area contributed by atoms with Gasteiger partial charge in [0, 0.05) is 44.4 Å². The Hall–Kier alpha value is -1.92. The molecule has 6 heteroatoms. The molecular formula is C15H19N3O3. The summed E-state index contributed by atoms with van der Waals surface area (Å²) in [6.45, 7) is 3.21. The van der Waals surface area contributed by atoms with Crippen LogP contribution >= 0.6 is 0 Å². The highest BCUT2D eigenvalue weighted by molar-refractivity contribution is 5.66. The smallest absolute Gasteiger partial charge is 0.258 e. The summed E-state index contributed by atoms with van der Waals surface area (Å²) >= 11 is 0. The highest BCUT2D eigenvalue weighted by Gasteiger charge is 2.39. The maximum absolute atomic E-state index is 5.93. The molecule has 1 fully saturated rings. The number of hydrogen-bond donors (Lipinski definition) is 1. The van der Waals surface area contributed by atoms with E-state index in [4.69, 9.17) is 19.7 Å².